The first kappa shape index (κ1) is 16.3. The minimum absolute atomic E-state index is 0.531. The second-order valence-electron chi connectivity index (χ2n) is 4.91. The van der Waals surface area contributed by atoms with Crippen molar-refractivity contribution in [1.82, 2.24) is 5.32 Å². The molecule has 0 aliphatic heterocycles. The van der Waals surface area contributed by atoms with E-state index in [-0.39, 0.29) is 0 Å². The fourth-order valence-electron chi connectivity index (χ4n) is 1.96. The summed E-state index contributed by atoms with van der Waals surface area (Å²) in [6, 6.07) is 12.1. The van der Waals surface area contributed by atoms with E-state index < -0.39 is 0 Å². The first-order chi connectivity index (χ1) is 10.1. The molecule has 1 N–H and O–H groups in total. The molecule has 0 aromatic heterocycles. The van der Waals surface area contributed by atoms with Gasteiger partial charge in [-0.1, -0.05) is 46.6 Å². The molecule has 0 unspecified atom stereocenters. The Kier molecular flexibility index (Phi) is 6.09. The molecule has 0 fully saturated rings. The van der Waals surface area contributed by atoms with E-state index in [0.717, 1.165) is 39.5 Å². The van der Waals surface area contributed by atoms with Gasteiger partial charge in [0.1, 0.15) is 12.4 Å². The topological polar surface area (TPSA) is 21.3 Å². The third-order valence-corrected chi connectivity index (χ3v) is 4.38. The molecule has 0 aliphatic rings. The summed E-state index contributed by atoms with van der Waals surface area (Å²) in [5.41, 5.74) is 3.41. The third-order valence-electron chi connectivity index (χ3n) is 3.22. The number of halogens is 2. The Hall–Kier alpha value is -1.03. The van der Waals surface area contributed by atoms with Crippen LogP contribution in [0.1, 0.15) is 23.6 Å². The standard InChI is InChI=1S/C17H19BrClNO/c1-3-20-10-13-4-5-14(16(18)9-13)11-21-15-6-7-17(19)12(2)8-15/h4-9,20H,3,10-11H2,1-2H3. The van der Waals surface area contributed by atoms with Crippen LogP contribution < -0.4 is 10.1 Å². The van der Waals surface area contributed by atoms with Crippen LogP contribution >= 0.6 is 27.5 Å². The van der Waals surface area contributed by atoms with Crippen molar-refractivity contribution in [3.05, 3.63) is 62.6 Å². The first-order valence-corrected chi connectivity index (χ1v) is 8.14. The fourth-order valence-corrected chi connectivity index (χ4v) is 2.61. The smallest absolute Gasteiger partial charge is 0.120 e. The van der Waals surface area contributed by atoms with Gasteiger partial charge in [0.05, 0.1) is 0 Å². The summed E-state index contributed by atoms with van der Waals surface area (Å²) in [6.07, 6.45) is 0. The summed E-state index contributed by atoms with van der Waals surface area (Å²) in [5, 5.41) is 4.08. The molecule has 0 radical (unpaired) electrons. The average Bonchev–Trinajstić information content (AvgIpc) is 2.47. The van der Waals surface area contributed by atoms with Crippen molar-refractivity contribution in [2.45, 2.75) is 27.0 Å². The van der Waals surface area contributed by atoms with Gasteiger partial charge in [-0.05, 0) is 48.9 Å². The molecule has 2 aromatic carbocycles. The van der Waals surface area contributed by atoms with Crippen LogP contribution in [-0.2, 0) is 13.2 Å². The van der Waals surface area contributed by atoms with Crippen molar-refractivity contribution in [2.75, 3.05) is 6.54 Å². The maximum Gasteiger partial charge on any atom is 0.120 e. The molecular weight excluding hydrogens is 350 g/mol. The molecule has 0 atom stereocenters. The van der Waals surface area contributed by atoms with E-state index in [4.69, 9.17) is 16.3 Å². The second-order valence-corrected chi connectivity index (χ2v) is 6.17. The molecule has 0 saturated carbocycles. The van der Waals surface area contributed by atoms with Crippen molar-refractivity contribution in [2.24, 2.45) is 0 Å². The molecule has 2 rings (SSSR count). The van der Waals surface area contributed by atoms with Crippen LogP contribution in [0.25, 0.3) is 0 Å². The van der Waals surface area contributed by atoms with Gasteiger partial charge < -0.3 is 10.1 Å². The lowest BCUT2D eigenvalue weighted by molar-refractivity contribution is 0.305. The van der Waals surface area contributed by atoms with Crippen LogP contribution in [0.5, 0.6) is 5.75 Å². The van der Waals surface area contributed by atoms with Gasteiger partial charge in [0.15, 0.2) is 0 Å². The van der Waals surface area contributed by atoms with Crippen LogP contribution in [0.3, 0.4) is 0 Å². The summed E-state index contributed by atoms with van der Waals surface area (Å²) in [4.78, 5) is 0. The van der Waals surface area contributed by atoms with Gasteiger partial charge in [-0.3, -0.25) is 0 Å². The lowest BCUT2D eigenvalue weighted by Gasteiger charge is -2.11. The Morgan fingerprint density at radius 3 is 2.67 bits per heavy atom. The lowest BCUT2D eigenvalue weighted by atomic mass is 10.1. The zero-order valence-corrected chi connectivity index (χ0v) is 14.6. The molecular formula is C17H19BrClNO. The van der Waals surface area contributed by atoms with E-state index in [9.17, 15) is 0 Å². The molecule has 112 valence electrons. The Bertz CT molecular complexity index is 616. The number of aryl methyl sites for hydroxylation is 1. The van der Waals surface area contributed by atoms with Crippen molar-refractivity contribution in [3.63, 3.8) is 0 Å². The molecule has 0 saturated heterocycles. The van der Waals surface area contributed by atoms with Crippen LogP contribution in [0, 0.1) is 6.92 Å². The summed E-state index contributed by atoms with van der Waals surface area (Å²) in [5.74, 6) is 0.834. The number of hydrogen-bond acceptors (Lipinski definition) is 2. The van der Waals surface area contributed by atoms with Gasteiger partial charge in [-0.2, -0.15) is 0 Å². The highest BCUT2D eigenvalue weighted by atomic mass is 79.9. The number of ether oxygens (including phenoxy) is 1. The van der Waals surface area contributed by atoms with Gasteiger partial charge in [-0.25, -0.2) is 0 Å². The Labute approximate surface area is 139 Å². The minimum Gasteiger partial charge on any atom is -0.489 e. The molecule has 0 amide bonds. The summed E-state index contributed by atoms with van der Waals surface area (Å²) >= 11 is 9.62. The lowest BCUT2D eigenvalue weighted by Crippen LogP contribution is -2.11. The Morgan fingerprint density at radius 2 is 2.00 bits per heavy atom. The predicted octanol–water partition coefficient (Wildman–Crippen LogP) is 5.10. The van der Waals surface area contributed by atoms with Crippen LogP contribution in [0.4, 0.5) is 0 Å². The van der Waals surface area contributed by atoms with Crippen LogP contribution in [-0.4, -0.2) is 6.54 Å². The van der Waals surface area contributed by atoms with Gasteiger partial charge in [-0.15, -0.1) is 0 Å². The fraction of sp³-hybridized carbons (Fsp3) is 0.294. The number of hydrogen-bond donors (Lipinski definition) is 1. The van der Waals surface area contributed by atoms with Crippen molar-refractivity contribution >= 4 is 27.5 Å². The molecule has 0 bridgehead atoms. The predicted molar refractivity (Wildman–Crippen MR) is 92.0 cm³/mol. The van der Waals surface area contributed by atoms with E-state index in [2.05, 4.69) is 46.4 Å². The SMILES string of the molecule is CCNCc1ccc(COc2ccc(Cl)c(C)c2)c(Br)c1. The summed E-state index contributed by atoms with van der Waals surface area (Å²) in [7, 11) is 0. The van der Waals surface area contributed by atoms with Gasteiger partial charge in [0.25, 0.3) is 0 Å². The Balaban J connectivity index is 2.01. The molecule has 0 aliphatic carbocycles. The van der Waals surface area contributed by atoms with Crippen molar-refractivity contribution in [1.29, 1.82) is 0 Å². The molecule has 0 spiro atoms. The highest BCUT2D eigenvalue weighted by Crippen LogP contribution is 2.24. The molecule has 0 heterocycles. The van der Waals surface area contributed by atoms with Crippen LogP contribution in [0.15, 0.2) is 40.9 Å². The molecule has 2 nitrogen and oxygen atoms in total. The van der Waals surface area contributed by atoms with E-state index in [1.54, 1.807) is 0 Å². The highest BCUT2D eigenvalue weighted by molar-refractivity contribution is 9.10. The summed E-state index contributed by atoms with van der Waals surface area (Å²) in [6.45, 7) is 6.46. The third kappa shape index (κ3) is 4.73. The van der Waals surface area contributed by atoms with Crippen molar-refractivity contribution < 1.29 is 4.74 Å². The number of benzene rings is 2. The van der Waals surface area contributed by atoms with E-state index in [1.807, 2.05) is 25.1 Å². The number of nitrogens with one attached hydrogen (secondary N) is 1. The molecule has 21 heavy (non-hydrogen) atoms. The molecule has 4 heteroatoms. The normalized spacial score (nSPS) is 10.7. The van der Waals surface area contributed by atoms with E-state index in [1.165, 1.54) is 5.56 Å². The van der Waals surface area contributed by atoms with Gasteiger partial charge >= 0.3 is 0 Å². The van der Waals surface area contributed by atoms with E-state index in [0.29, 0.717) is 6.61 Å². The first-order valence-electron chi connectivity index (χ1n) is 6.97. The maximum absolute atomic E-state index is 6.01. The van der Waals surface area contributed by atoms with Gasteiger partial charge in [0, 0.05) is 21.6 Å². The zero-order valence-electron chi connectivity index (χ0n) is 12.2. The van der Waals surface area contributed by atoms with E-state index >= 15 is 0 Å². The Morgan fingerprint density at radius 1 is 1.19 bits per heavy atom. The average molecular weight is 369 g/mol. The number of rotatable bonds is 6. The highest BCUT2D eigenvalue weighted by Gasteiger charge is 2.04. The summed E-state index contributed by atoms with van der Waals surface area (Å²) < 4.78 is 6.90. The maximum atomic E-state index is 6.01. The largest absolute Gasteiger partial charge is 0.489 e. The van der Waals surface area contributed by atoms with Crippen molar-refractivity contribution in [3.8, 4) is 5.75 Å². The second kappa shape index (κ2) is 7.83. The van der Waals surface area contributed by atoms with Gasteiger partial charge in [0.2, 0.25) is 0 Å². The monoisotopic (exact) mass is 367 g/mol. The molecule has 2 aromatic rings. The van der Waals surface area contributed by atoms with Crippen LogP contribution in [0.2, 0.25) is 5.02 Å². The zero-order chi connectivity index (χ0) is 15.2. The quantitative estimate of drug-likeness (QED) is 0.766. The minimum atomic E-state index is 0.531.